The van der Waals surface area contributed by atoms with Crippen LogP contribution in [-0.4, -0.2) is 45.3 Å². The molecule has 6 nitrogen and oxygen atoms in total. The van der Waals surface area contributed by atoms with Crippen LogP contribution in [0.1, 0.15) is 26.6 Å². The van der Waals surface area contributed by atoms with Gasteiger partial charge in [0.05, 0.1) is 12.4 Å². The standard InChI is InChI=1S/C12H21N3O3S/c1-12(2,3)7-9-13-14-11(19-8-10(16)17)15(9)5-6-18-4/h5-8H2,1-4H3,(H,16,17). The van der Waals surface area contributed by atoms with Gasteiger partial charge in [0, 0.05) is 20.1 Å². The van der Waals surface area contributed by atoms with Gasteiger partial charge in [0.1, 0.15) is 5.82 Å². The van der Waals surface area contributed by atoms with Crippen LogP contribution in [-0.2, 0) is 22.5 Å². The molecule has 19 heavy (non-hydrogen) atoms. The molecule has 0 spiro atoms. The molecule has 0 aliphatic rings. The minimum Gasteiger partial charge on any atom is -0.481 e. The van der Waals surface area contributed by atoms with Crippen molar-refractivity contribution in [3.05, 3.63) is 5.82 Å². The maximum atomic E-state index is 10.6. The Hall–Kier alpha value is -1.08. The predicted octanol–water partition coefficient (Wildman–Crippen LogP) is 1.69. The first-order valence-electron chi connectivity index (χ1n) is 6.09. The molecule has 7 heteroatoms. The number of hydrogen-bond donors (Lipinski definition) is 1. The fourth-order valence-electron chi connectivity index (χ4n) is 1.56. The van der Waals surface area contributed by atoms with Crippen molar-refractivity contribution < 1.29 is 14.6 Å². The van der Waals surface area contributed by atoms with E-state index in [4.69, 9.17) is 9.84 Å². The largest absolute Gasteiger partial charge is 0.481 e. The summed E-state index contributed by atoms with van der Waals surface area (Å²) < 4.78 is 7.03. The number of aromatic nitrogens is 3. The second-order valence-corrected chi connectivity index (χ2v) is 6.41. The van der Waals surface area contributed by atoms with E-state index >= 15 is 0 Å². The van der Waals surface area contributed by atoms with Crippen molar-refractivity contribution in [3.8, 4) is 0 Å². The highest BCUT2D eigenvalue weighted by Gasteiger charge is 2.19. The van der Waals surface area contributed by atoms with E-state index in [0.717, 1.165) is 12.2 Å². The number of carboxylic acid groups (broad SMARTS) is 1. The SMILES string of the molecule is COCCn1c(CC(C)(C)C)nnc1SCC(=O)O. The summed E-state index contributed by atoms with van der Waals surface area (Å²) in [5.41, 5.74) is 0.104. The maximum absolute atomic E-state index is 10.6. The molecule has 0 bridgehead atoms. The summed E-state index contributed by atoms with van der Waals surface area (Å²) in [5, 5.41) is 17.6. The van der Waals surface area contributed by atoms with Crippen LogP contribution >= 0.6 is 11.8 Å². The Morgan fingerprint density at radius 2 is 2.11 bits per heavy atom. The molecule has 0 unspecified atom stereocenters. The Balaban J connectivity index is 2.87. The van der Waals surface area contributed by atoms with Crippen LogP contribution in [0.2, 0.25) is 0 Å². The molecule has 0 amide bonds. The van der Waals surface area contributed by atoms with Gasteiger partial charge in [-0.1, -0.05) is 32.5 Å². The van der Waals surface area contributed by atoms with E-state index in [-0.39, 0.29) is 11.2 Å². The first-order chi connectivity index (χ1) is 8.83. The number of hydrogen-bond acceptors (Lipinski definition) is 5. The van der Waals surface area contributed by atoms with Crippen molar-refractivity contribution in [2.75, 3.05) is 19.5 Å². The lowest BCUT2D eigenvalue weighted by Crippen LogP contribution is -2.16. The average Bonchev–Trinajstić information content (AvgIpc) is 2.63. The molecule has 0 atom stereocenters. The van der Waals surface area contributed by atoms with Crippen LogP contribution in [0.25, 0.3) is 0 Å². The van der Waals surface area contributed by atoms with Crippen molar-refractivity contribution in [2.45, 2.75) is 38.9 Å². The Labute approximate surface area is 117 Å². The maximum Gasteiger partial charge on any atom is 0.313 e. The number of carboxylic acids is 1. The molecule has 0 fully saturated rings. The van der Waals surface area contributed by atoms with E-state index in [0.29, 0.717) is 18.3 Å². The smallest absolute Gasteiger partial charge is 0.313 e. The van der Waals surface area contributed by atoms with E-state index in [1.54, 1.807) is 7.11 Å². The molecule has 0 saturated heterocycles. The Bertz CT molecular complexity index is 426. The van der Waals surface area contributed by atoms with E-state index in [2.05, 4.69) is 31.0 Å². The minimum atomic E-state index is -0.858. The second kappa shape index (κ2) is 6.91. The molecule has 1 heterocycles. The lowest BCUT2D eigenvalue weighted by Gasteiger charge is -2.18. The third kappa shape index (κ3) is 5.61. The third-order valence-corrected chi connectivity index (χ3v) is 3.28. The average molecular weight is 287 g/mol. The topological polar surface area (TPSA) is 77.2 Å². The van der Waals surface area contributed by atoms with Gasteiger partial charge in [0.25, 0.3) is 0 Å². The Morgan fingerprint density at radius 1 is 1.42 bits per heavy atom. The molecule has 0 saturated carbocycles. The molecule has 1 aromatic rings. The summed E-state index contributed by atoms with van der Waals surface area (Å²) in [7, 11) is 1.64. The molecule has 1 rings (SSSR count). The van der Waals surface area contributed by atoms with E-state index in [1.807, 2.05) is 4.57 Å². The molecular weight excluding hydrogens is 266 g/mol. The van der Waals surface area contributed by atoms with Crippen molar-refractivity contribution in [2.24, 2.45) is 5.41 Å². The molecular formula is C12H21N3O3S. The minimum absolute atomic E-state index is 0.0133. The van der Waals surface area contributed by atoms with Gasteiger partial charge >= 0.3 is 5.97 Å². The number of ether oxygens (including phenoxy) is 1. The number of thioether (sulfide) groups is 1. The lowest BCUT2D eigenvalue weighted by molar-refractivity contribution is -0.133. The van der Waals surface area contributed by atoms with Gasteiger partial charge in [-0.2, -0.15) is 0 Å². The Morgan fingerprint density at radius 3 is 2.63 bits per heavy atom. The third-order valence-electron chi connectivity index (χ3n) is 2.33. The summed E-state index contributed by atoms with van der Waals surface area (Å²) in [6.07, 6.45) is 0.789. The normalized spacial score (nSPS) is 11.8. The van der Waals surface area contributed by atoms with Crippen LogP contribution < -0.4 is 0 Å². The summed E-state index contributed by atoms with van der Waals surface area (Å²) >= 11 is 1.19. The van der Waals surface area contributed by atoms with Crippen molar-refractivity contribution in [1.29, 1.82) is 0 Å². The van der Waals surface area contributed by atoms with Crippen LogP contribution in [0, 0.1) is 5.41 Å². The Kier molecular flexibility index (Phi) is 5.81. The monoisotopic (exact) mass is 287 g/mol. The van der Waals surface area contributed by atoms with E-state index in [1.165, 1.54) is 11.8 Å². The predicted molar refractivity (Wildman–Crippen MR) is 73.4 cm³/mol. The van der Waals surface area contributed by atoms with Crippen LogP contribution in [0.3, 0.4) is 0 Å². The fraction of sp³-hybridized carbons (Fsp3) is 0.750. The number of nitrogens with zero attached hydrogens (tertiary/aromatic N) is 3. The van der Waals surface area contributed by atoms with Gasteiger partial charge < -0.3 is 14.4 Å². The van der Waals surface area contributed by atoms with Crippen molar-refractivity contribution >= 4 is 17.7 Å². The fourth-order valence-corrected chi connectivity index (χ4v) is 2.27. The summed E-state index contributed by atoms with van der Waals surface area (Å²) in [4.78, 5) is 10.6. The number of methoxy groups -OCH3 is 1. The van der Waals surface area contributed by atoms with Crippen molar-refractivity contribution in [1.82, 2.24) is 14.8 Å². The van der Waals surface area contributed by atoms with Gasteiger partial charge in [-0.25, -0.2) is 0 Å². The zero-order chi connectivity index (χ0) is 14.5. The molecule has 108 valence electrons. The summed E-state index contributed by atoms with van der Waals surface area (Å²) in [6, 6.07) is 0. The highest BCUT2D eigenvalue weighted by Crippen LogP contribution is 2.23. The summed E-state index contributed by atoms with van der Waals surface area (Å²) in [5.74, 6) is 0.00165. The van der Waals surface area contributed by atoms with Crippen LogP contribution in [0.5, 0.6) is 0 Å². The van der Waals surface area contributed by atoms with Crippen molar-refractivity contribution in [3.63, 3.8) is 0 Å². The highest BCUT2D eigenvalue weighted by molar-refractivity contribution is 7.99. The zero-order valence-corrected chi connectivity index (χ0v) is 12.7. The first kappa shape index (κ1) is 16.0. The quantitative estimate of drug-likeness (QED) is 0.769. The number of aliphatic carboxylic acids is 1. The van der Waals surface area contributed by atoms with Gasteiger partial charge in [-0.05, 0) is 5.41 Å². The molecule has 1 aromatic heterocycles. The highest BCUT2D eigenvalue weighted by atomic mass is 32.2. The van der Waals surface area contributed by atoms with E-state index in [9.17, 15) is 4.79 Å². The second-order valence-electron chi connectivity index (χ2n) is 5.46. The van der Waals surface area contributed by atoms with Gasteiger partial charge in [0.15, 0.2) is 5.16 Å². The van der Waals surface area contributed by atoms with Gasteiger partial charge in [-0.15, -0.1) is 10.2 Å². The molecule has 0 aromatic carbocycles. The first-order valence-corrected chi connectivity index (χ1v) is 7.07. The molecule has 0 aliphatic carbocycles. The lowest BCUT2D eigenvalue weighted by atomic mass is 9.92. The number of carbonyl (C=O) groups is 1. The molecule has 0 radical (unpaired) electrons. The van der Waals surface area contributed by atoms with Crippen LogP contribution in [0.15, 0.2) is 5.16 Å². The zero-order valence-electron chi connectivity index (χ0n) is 11.8. The van der Waals surface area contributed by atoms with Gasteiger partial charge in [0.2, 0.25) is 0 Å². The van der Waals surface area contributed by atoms with Gasteiger partial charge in [-0.3, -0.25) is 4.79 Å². The molecule has 0 aliphatic heterocycles. The summed E-state index contributed by atoms with van der Waals surface area (Å²) in [6.45, 7) is 7.58. The van der Waals surface area contributed by atoms with Crippen LogP contribution in [0.4, 0.5) is 0 Å². The molecule has 1 N–H and O–H groups in total. The van der Waals surface area contributed by atoms with E-state index < -0.39 is 5.97 Å². The number of rotatable bonds is 7.